The van der Waals surface area contributed by atoms with E-state index in [4.69, 9.17) is 9.90 Å². The molecule has 2 aliphatic rings. The molecule has 1 spiro atoms. The second kappa shape index (κ2) is 10.6. The van der Waals surface area contributed by atoms with Gasteiger partial charge >= 0.3 is 12.1 Å². The van der Waals surface area contributed by atoms with Crippen LogP contribution < -0.4 is 0 Å². The largest absolute Gasteiger partial charge is 0.490 e. The molecule has 10 nitrogen and oxygen atoms in total. The lowest BCUT2D eigenvalue weighted by atomic mass is 9.82. The maximum Gasteiger partial charge on any atom is 0.490 e. The summed E-state index contributed by atoms with van der Waals surface area (Å²) in [5.74, 6) is -2.65. The molecule has 4 rings (SSSR count). The summed E-state index contributed by atoms with van der Waals surface area (Å²) >= 11 is 1.63. The molecule has 1 N–H and O–H groups in total. The third kappa shape index (κ3) is 6.11. The molecule has 2 aromatic rings. The number of amides is 2. The van der Waals surface area contributed by atoms with E-state index in [1.165, 1.54) is 12.4 Å². The molecular formula is C21H25F3N6O4S. The van der Waals surface area contributed by atoms with E-state index in [9.17, 15) is 22.8 Å². The molecule has 2 saturated heterocycles. The minimum absolute atomic E-state index is 0.0527. The van der Waals surface area contributed by atoms with Gasteiger partial charge in [0.2, 0.25) is 5.91 Å². The summed E-state index contributed by atoms with van der Waals surface area (Å²) in [5, 5.41) is 17.8. The average molecular weight is 515 g/mol. The molecule has 0 saturated carbocycles. The number of aliphatic carboxylic acids is 1. The number of piperazine rings is 1. The summed E-state index contributed by atoms with van der Waals surface area (Å²) < 4.78 is 31.7. The molecule has 190 valence electrons. The van der Waals surface area contributed by atoms with Crippen LogP contribution in [0.3, 0.4) is 0 Å². The minimum atomic E-state index is -5.08. The second-order valence-electron chi connectivity index (χ2n) is 8.26. The van der Waals surface area contributed by atoms with Gasteiger partial charge in [-0.05, 0) is 25.8 Å². The first-order valence-corrected chi connectivity index (χ1v) is 11.6. The number of carboxylic acids is 1. The van der Waals surface area contributed by atoms with E-state index in [0.717, 1.165) is 23.8 Å². The van der Waals surface area contributed by atoms with Crippen molar-refractivity contribution in [3.63, 3.8) is 0 Å². The van der Waals surface area contributed by atoms with Crippen LogP contribution in [0.15, 0.2) is 23.8 Å². The summed E-state index contributed by atoms with van der Waals surface area (Å²) in [4.78, 5) is 45.3. The topological polar surface area (TPSA) is 120 Å². The maximum atomic E-state index is 13.2. The van der Waals surface area contributed by atoms with Crippen LogP contribution in [0.4, 0.5) is 13.2 Å². The Morgan fingerprint density at radius 1 is 1.17 bits per heavy atom. The molecule has 0 aliphatic carbocycles. The normalized spacial score (nSPS) is 18.3. The molecule has 0 bridgehead atoms. The molecule has 0 atom stereocenters. The van der Waals surface area contributed by atoms with Crippen molar-refractivity contribution in [2.75, 3.05) is 33.2 Å². The number of piperidine rings is 1. The molecule has 35 heavy (non-hydrogen) atoms. The van der Waals surface area contributed by atoms with E-state index in [1.807, 2.05) is 23.8 Å². The van der Waals surface area contributed by atoms with Crippen LogP contribution in [0.1, 0.15) is 33.9 Å². The average Bonchev–Trinajstić information content (AvgIpc) is 3.24. The number of carboxylic acid groups (broad SMARTS) is 1. The summed E-state index contributed by atoms with van der Waals surface area (Å²) in [6.07, 6.45) is -0.813. The van der Waals surface area contributed by atoms with Gasteiger partial charge in [-0.3, -0.25) is 14.5 Å². The summed E-state index contributed by atoms with van der Waals surface area (Å²) in [6.45, 7) is 5.31. The van der Waals surface area contributed by atoms with Gasteiger partial charge in [0.05, 0.1) is 28.7 Å². The number of likely N-dealkylation sites (tertiary alicyclic amines) is 1. The Bertz CT molecular complexity index is 1060. The van der Waals surface area contributed by atoms with Gasteiger partial charge in [0.25, 0.3) is 5.91 Å². The van der Waals surface area contributed by atoms with Gasteiger partial charge in [0.15, 0.2) is 0 Å². The summed E-state index contributed by atoms with van der Waals surface area (Å²) in [5.41, 5.74) is 0.992. The van der Waals surface area contributed by atoms with Crippen molar-refractivity contribution in [1.82, 2.24) is 29.9 Å². The number of rotatable bonds is 3. The van der Waals surface area contributed by atoms with Crippen molar-refractivity contribution >= 4 is 29.1 Å². The van der Waals surface area contributed by atoms with Gasteiger partial charge in [0, 0.05) is 45.2 Å². The zero-order chi connectivity index (χ0) is 25.8. The first-order chi connectivity index (χ1) is 16.4. The first kappa shape index (κ1) is 26.5. The van der Waals surface area contributed by atoms with E-state index in [-0.39, 0.29) is 11.8 Å². The Labute approximate surface area is 203 Å². The number of carbonyl (C=O) groups is 3. The fraction of sp³-hybridized carbons (Fsp3) is 0.524. The van der Waals surface area contributed by atoms with Crippen molar-refractivity contribution < 1.29 is 32.7 Å². The number of likely N-dealkylation sites (N-methyl/N-ethyl adjacent to an activating group) is 1. The van der Waals surface area contributed by atoms with Crippen LogP contribution in [0.25, 0.3) is 0 Å². The van der Waals surface area contributed by atoms with E-state index >= 15 is 0 Å². The lowest BCUT2D eigenvalue weighted by Crippen LogP contribution is -2.68. The fourth-order valence-corrected chi connectivity index (χ4v) is 4.80. The maximum absolute atomic E-state index is 13.2. The Morgan fingerprint density at radius 3 is 2.34 bits per heavy atom. The van der Waals surface area contributed by atoms with E-state index in [1.54, 1.807) is 17.4 Å². The summed E-state index contributed by atoms with van der Waals surface area (Å²) in [7, 11) is 1.87. The third-order valence-electron chi connectivity index (χ3n) is 6.03. The highest BCUT2D eigenvalue weighted by Gasteiger charge is 2.50. The first-order valence-electron chi connectivity index (χ1n) is 10.7. The van der Waals surface area contributed by atoms with E-state index in [2.05, 4.69) is 25.5 Å². The smallest absolute Gasteiger partial charge is 0.475 e. The molecule has 2 aliphatic heterocycles. The number of alkyl halides is 3. The second-order valence-corrected chi connectivity index (χ2v) is 9.33. The number of aromatic nitrogens is 3. The lowest BCUT2D eigenvalue weighted by molar-refractivity contribution is -0.192. The van der Waals surface area contributed by atoms with Crippen molar-refractivity contribution in [3.8, 4) is 0 Å². The highest BCUT2D eigenvalue weighted by atomic mass is 32.1. The predicted molar refractivity (Wildman–Crippen MR) is 118 cm³/mol. The number of hydrogen-bond donors (Lipinski definition) is 1. The predicted octanol–water partition coefficient (Wildman–Crippen LogP) is 1.82. The Morgan fingerprint density at radius 2 is 1.83 bits per heavy atom. The van der Waals surface area contributed by atoms with Crippen molar-refractivity contribution in [2.24, 2.45) is 0 Å². The molecule has 0 aromatic carbocycles. The van der Waals surface area contributed by atoms with Gasteiger partial charge in [-0.1, -0.05) is 0 Å². The zero-order valence-electron chi connectivity index (χ0n) is 19.2. The van der Waals surface area contributed by atoms with Crippen LogP contribution in [-0.2, 0) is 16.1 Å². The molecular weight excluding hydrogens is 489 g/mol. The van der Waals surface area contributed by atoms with Crippen LogP contribution in [0.2, 0.25) is 0 Å². The number of hydrogen-bond acceptors (Lipinski definition) is 8. The lowest BCUT2D eigenvalue weighted by Gasteiger charge is -2.52. The van der Waals surface area contributed by atoms with Crippen LogP contribution in [-0.4, -0.2) is 97.7 Å². The highest BCUT2D eigenvalue weighted by molar-refractivity contribution is 7.09. The monoisotopic (exact) mass is 514 g/mol. The molecule has 0 radical (unpaired) electrons. The number of halogens is 3. The van der Waals surface area contributed by atoms with Gasteiger partial charge in [0.1, 0.15) is 5.54 Å². The highest BCUT2D eigenvalue weighted by Crippen LogP contribution is 2.35. The molecule has 2 amide bonds. The number of aryl methyl sites for hydroxylation is 1. The standard InChI is InChI=1S/C19H24N6O2S.C2HF3O2/c1-14-22-16(13-28-14)12-25-10-9-23(2)18(27)19(25)4-7-24(8-5-19)17(26)15-3-6-20-21-11-15;3-2(4,5)1(6)7/h3,6,11,13H,4-5,7-10,12H2,1-2H3;(H,6,7). The van der Waals surface area contributed by atoms with Gasteiger partial charge < -0.3 is 14.9 Å². The fourth-order valence-electron chi connectivity index (χ4n) is 4.19. The third-order valence-corrected chi connectivity index (χ3v) is 6.85. The van der Waals surface area contributed by atoms with Crippen LogP contribution in [0, 0.1) is 6.92 Å². The molecule has 2 fully saturated rings. The van der Waals surface area contributed by atoms with E-state index in [0.29, 0.717) is 38.0 Å². The van der Waals surface area contributed by atoms with Gasteiger partial charge in [-0.2, -0.15) is 23.4 Å². The Kier molecular flexibility index (Phi) is 8.05. The molecule has 0 unspecified atom stereocenters. The molecule has 4 heterocycles. The minimum Gasteiger partial charge on any atom is -0.475 e. The SMILES string of the molecule is Cc1nc(CN2CCN(C)C(=O)C23CCN(C(=O)c2ccnnc2)CC3)cs1.O=C(O)C(F)(F)F. The number of thiazole rings is 1. The summed E-state index contributed by atoms with van der Waals surface area (Å²) in [6, 6.07) is 1.68. The number of carbonyl (C=O) groups excluding carboxylic acids is 2. The van der Waals surface area contributed by atoms with Crippen LogP contribution in [0.5, 0.6) is 0 Å². The van der Waals surface area contributed by atoms with E-state index < -0.39 is 17.7 Å². The molecule has 14 heteroatoms. The molecule has 2 aromatic heterocycles. The zero-order valence-corrected chi connectivity index (χ0v) is 20.0. The Balaban J connectivity index is 0.000000429. The van der Waals surface area contributed by atoms with Crippen molar-refractivity contribution in [1.29, 1.82) is 0 Å². The number of nitrogens with zero attached hydrogens (tertiary/aromatic N) is 6. The van der Waals surface area contributed by atoms with Crippen molar-refractivity contribution in [2.45, 2.75) is 38.0 Å². The quantitative estimate of drug-likeness (QED) is 0.659. The van der Waals surface area contributed by atoms with Gasteiger partial charge in [-0.15, -0.1) is 11.3 Å². The van der Waals surface area contributed by atoms with Crippen molar-refractivity contribution in [3.05, 3.63) is 40.1 Å². The van der Waals surface area contributed by atoms with Gasteiger partial charge in [-0.25, -0.2) is 9.78 Å². The Hall–Kier alpha value is -3.13. The van der Waals surface area contributed by atoms with Crippen LogP contribution >= 0.6 is 11.3 Å².